The molecule has 1 saturated heterocycles. The van der Waals surface area contributed by atoms with Crippen molar-refractivity contribution in [3.05, 3.63) is 29.8 Å². The fourth-order valence-corrected chi connectivity index (χ4v) is 2.30. The molecule has 0 bridgehead atoms. The van der Waals surface area contributed by atoms with Crippen LogP contribution in [0.15, 0.2) is 24.3 Å². The second-order valence-corrected chi connectivity index (χ2v) is 6.87. The summed E-state index contributed by atoms with van der Waals surface area (Å²) in [4.78, 5) is 13.3. The first-order valence-electron chi connectivity index (χ1n) is 7.75. The van der Waals surface area contributed by atoms with Crippen molar-refractivity contribution in [1.29, 1.82) is 0 Å². The molecule has 22 heavy (non-hydrogen) atoms. The third-order valence-corrected chi connectivity index (χ3v) is 4.06. The van der Waals surface area contributed by atoms with Gasteiger partial charge in [-0.15, -0.1) is 0 Å². The van der Waals surface area contributed by atoms with Crippen LogP contribution in [0, 0.1) is 5.41 Å². The second kappa shape index (κ2) is 6.67. The van der Waals surface area contributed by atoms with E-state index in [1.165, 1.54) is 0 Å². The molecule has 2 unspecified atom stereocenters. The monoisotopic (exact) mass is 306 g/mol. The van der Waals surface area contributed by atoms with E-state index in [4.69, 9.17) is 4.74 Å². The van der Waals surface area contributed by atoms with Crippen molar-refractivity contribution in [1.82, 2.24) is 5.32 Å². The predicted molar refractivity (Wildman–Crippen MR) is 87.0 cm³/mol. The molecule has 1 amide bonds. The maximum atomic E-state index is 11.6. The standard InChI is InChI=1S/C17H26N2O3/c1-12(18-11-15(20)17(2,3)4)13-6-5-7-14(10-13)19-8-9-22-16(19)21/h5-7,10,12,15,18,20H,8-9,11H2,1-4H3. The minimum absolute atomic E-state index is 0.0931. The highest BCUT2D eigenvalue weighted by molar-refractivity contribution is 5.89. The molecule has 5 nitrogen and oxygen atoms in total. The Balaban J connectivity index is 2.01. The van der Waals surface area contributed by atoms with Crippen LogP contribution in [0.2, 0.25) is 0 Å². The van der Waals surface area contributed by atoms with Crippen LogP contribution in [0.1, 0.15) is 39.3 Å². The van der Waals surface area contributed by atoms with E-state index in [-0.39, 0.29) is 17.6 Å². The van der Waals surface area contributed by atoms with Gasteiger partial charge in [0.25, 0.3) is 0 Å². The summed E-state index contributed by atoms with van der Waals surface area (Å²) in [5.74, 6) is 0. The summed E-state index contributed by atoms with van der Waals surface area (Å²) < 4.78 is 4.97. The highest BCUT2D eigenvalue weighted by Crippen LogP contribution is 2.24. The summed E-state index contributed by atoms with van der Waals surface area (Å²) >= 11 is 0. The third-order valence-electron chi connectivity index (χ3n) is 4.06. The summed E-state index contributed by atoms with van der Waals surface area (Å²) in [7, 11) is 0. The number of cyclic esters (lactones) is 1. The van der Waals surface area contributed by atoms with Crippen LogP contribution < -0.4 is 10.2 Å². The molecular weight excluding hydrogens is 280 g/mol. The number of ether oxygens (including phenoxy) is 1. The van der Waals surface area contributed by atoms with E-state index in [1.54, 1.807) is 4.90 Å². The molecule has 1 aliphatic rings. The smallest absolute Gasteiger partial charge is 0.414 e. The van der Waals surface area contributed by atoms with Crippen molar-refractivity contribution in [2.24, 2.45) is 5.41 Å². The largest absolute Gasteiger partial charge is 0.447 e. The maximum absolute atomic E-state index is 11.6. The minimum atomic E-state index is -0.410. The Bertz CT molecular complexity index is 525. The number of carbonyl (C=O) groups is 1. The number of benzene rings is 1. The van der Waals surface area contributed by atoms with Gasteiger partial charge in [-0.1, -0.05) is 32.9 Å². The van der Waals surface area contributed by atoms with Crippen molar-refractivity contribution < 1.29 is 14.6 Å². The number of hydrogen-bond donors (Lipinski definition) is 2. The van der Waals surface area contributed by atoms with Gasteiger partial charge in [-0.25, -0.2) is 4.79 Å². The van der Waals surface area contributed by atoms with E-state index < -0.39 is 6.10 Å². The number of amides is 1. The van der Waals surface area contributed by atoms with Gasteiger partial charge in [0.2, 0.25) is 0 Å². The van der Waals surface area contributed by atoms with Crippen molar-refractivity contribution in [2.45, 2.75) is 39.8 Å². The van der Waals surface area contributed by atoms with Gasteiger partial charge in [-0.3, -0.25) is 4.90 Å². The van der Waals surface area contributed by atoms with E-state index in [0.717, 1.165) is 11.3 Å². The molecule has 1 aromatic rings. The van der Waals surface area contributed by atoms with Crippen LogP contribution >= 0.6 is 0 Å². The molecule has 2 N–H and O–H groups in total. The van der Waals surface area contributed by atoms with Crippen LogP contribution in [0.4, 0.5) is 10.5 Å². The molecule has 2 rings (SSSR count). The normalized spacial score (nSPS) is 18.2. The fraction of sp³-hybridized carbons (Fsp3) is 0.588. The number of anilines is 1. The average Bonchev–Trinajstić information content (AvgIpc) is 2.89. The van der Waals surface area contributed by atoms with Crippen LogP contribution in [0.3, 0.4) is 0 Å². The van der Waals surface area contributed by atoms with E-state index >= 15 is 0 Å². The molecular formula is C17H26N2O3. The first kappa shape index (κ1) is 16.8. The number of aliphatic hydroxyl groups is 1. The SMILES string of the molecule is CC(NCC(O)C(C)(C)C)c1cccc(N2CCOC2=O)c1. The molecule has 5 heteroatoms. The quantitative estimate of drug-likeness (QED) is 0.878. The molecule has 1 aliphatic heterocycles. The molecule has 0 radical (unpaired) electrons. The van der Waals surface area contributed by atoms with E-state index in [0.29, 0.717) is 19.7 Å². The van der Waals surface area contributed by atoms with Gasteiger partial charge < -0.3 is 15.2 Å². The van der Waals surface area contributed by atoms with Gasteiger partial charge in [0.05, 0.1) is 12.6 Å². The van der Waals surface area contributed by atoms with Gasteiger partial charge in [-0.2, -0.15) is 0 Å². The van der Waals surface area contributed by atoms with Crippen molar-refractivity contribution >= 4 is 11.8 Å². The Morgan fingerprint density at radius 2 is 2.14 bits per heavy atom. The molecule has 1 heterocycles. The van der Waals surface area contributed by atoms with E-state index in [1.807, 2.05) is 45.0 Å². The molecule has 0 aromatic heterocycles. The van der Waals surface area contributed by atoms with Crippen LogP contribution in [-0.4, -0.2) is 37.0 Å². The maximum Gasteiger partial charge on any atom is 0.414 e. The molecule has 2 atom stereocenters. The van der Waals surface area contributed by atoms with Gasteiger partial charge in [-0.05, 0) is 30.0 Å². The predicted octanol–water partition coefficient (Wildman–Crippen LogP) is 2.70. The summed E-state index contributed by atoms with van der Waals surface area (Å²) in [6.45, 7) is 9.66. The third kappa shape index (κ3) is 3.99. The zero-order valence-corrected chi connectivity index (χ0v) is 13.8. The molecule has 0 saturated carbocycles. The lowest BCUT2D eigenvalue weighted by atomic mass is 9.89. The minimum Gasteiger partial charge on any atom is -0.447 e. The molecule has 0 spiro atoms. The van der Waals surface area contributed by atoms with Crippen molar-refractivity contribution in [2.75, 3.05) is 24.6 Å². The first-order chi connectivity index (χ1) is 10.3. The van der Waals surface area contributed by atoms with Crippen molar-refractivity contribution in [3.63, 3.8) is 0 Å². The molecule has 0 aliphatic carbocycles. The van der Waals surface area contributed by atoms with Gasteiger partial charge in [0, 0.05) is 18.3 Å². The summed E-state index contributed by atoms with van der Waals surface area (Å²) in [5.41, 5.74) is 1.79. The zero-order chi connectivity index (χ0) is 16.3. The number of rotatable bonds is 5. The molecule has 122 valence electrons. The fourth-order valence-electron chi connectivity index (χ4n) is 2.30. The number of aliphatic hydroxyl groups excluding tert-OH is 1. The van der Waals surface area contributed by atoms with E-state index in [9.17, 15) is 9.90 Å². The number of nitrogens with one attached hydrogen (secondary N) is 1. The van der Waals surface area contributed by atoms with Crippen molar-refractivity contribution in [3.8, 4) is 0 Å². The zero-order valence-electron chi connectivity index (χ0n) is 13.8. The van der Waals surface area contributed by atoms with Crippen LogP contribution in [0.25, 0.3) is 0 Å². The highest BCUT2D eigenvalue weighted by Gasteiger charge is 2.25. The Hall–Kier alpha value is -1.59. The summed E-state index contributed by atoms with van der Waals surface area (Å²) in [6.07, 6.45) is -0.701. The lowest BCUT2D eigenvalue weighted by molar-refractivity contribution is 0.0609. The summed E-state index contributed by atoms with van der Waals surface area (Å²) in [5, 5.41) is 13.5. The second-order valence-electron chi connectivity index (χ2n) is 6.87. The molecule has 1 fully saturated rings. The lowest BCUT2D eigenvalue weighted by Crippen LogP contribution is -2.37. The van der Waals surface area contributed by atoms with Crippen LogP contribution in [0.5, 0.6) is 0 Å². The summed E-state index contributed by atoms with van der Waals surface area (Å²) in [6, 6.07) is 7.96. The van der Waals surface area contributed by atoms with E-state index in [2.05, 4.69) is 12.2 Å². The topological polar surface area (TPSA) is 61.8 Å². The molecule has 1 aromatic carbocycles. The van der Waals surface area contributed by atoms with Gasteiger partial charge in [0.1, 0.15) is 6.61 Å². The van der Waals surface area contributed by atoms with Gasteiger partial charge in [0.15, 0.2) is 0 Å². The number of hydrogen-bond acceptors (Lipinski definition) is 4. The first-order valence-corrected chi connectivity index (χ1v) is 7.75. The highest BCUT2D eigenvalue weighted by atomic mass is 16.6. The Morgan fingerprint density at radius 1 is 1.41 bits per heavy atom. The lowest BCUT2D eigenvalue weighted by Gasteiger charge is -2.27. The average molecular weight is 306 g/mol. The Kier molecular flexibility index (Phi) is 5.08. The number of carbonyl (C=O) groups excluding carboxylic acids is 1. The van der Waals surface area contributed by atoms with Gasteiger partial charge >= 0.3 is 6.09 Å². The Morgan fingerprint density at radius 3 is 2.73 bits per heavy atom. The Labute approximate surface area is 132 Å². The van der Waals surface area contributed by atoms with Crippen LogP contribution in [-0.2, 0) is 4.74 Å². The number of nitrogens with zero attached hydrogens (tertiary/aromatic N) is 1.